The summed E-state index contributed by atoms with van der Waals surface area (Å²) < 4.78 is 12.8. The van der Waals surface area contributed by atoms with E-state index in [9.17, 15) is 4.39 Å². The highest BCUT2D eigenvalue weighted by atomic mass is 19.1. The summed E-state index contributed by atoms with van der Waals surface area (Å²) in [7, 11) is 0. The summed E-state index contributed by atoms with van der Waals surface area (Å²) in [5.74, 6) is -0.319. The Balaban J connectivity index is 0.000000583. The lowest BCUT2D eigenvalue weighted by Gasteiger charge is -2.11. The van der Waals surface area contributed by atoms with E-state index in [1.807, 2.05) is 0 Å². The molecule has 1 nitrogen and oxygen atoms in total. The minimum Gasteiger partial charge on any atom is -0.295 e. The van der Waals surface area contributed by atoms with Crippen molar-refractivity contribution in [1.29, 1.82) is 0 Å². The van der Waals surface area contributed by atoms with Crippen LogP contribution in [0.3, 0.4) is 0 Å². The van der Waals surface area contributed by atoms with Gasteiger partial charge in [-0.2, -0.15) is 0 Å². The Morgan fingerprint density at radius 1 is 1.40 bits per heavy atom. The van der Waals surface area contributed by atoms with Gasteiger partial charge in [0.2, 0.25) is 0 Å². The molecule has 1 heterocycles. The molecular weight excluding hydrogens is 189 g/mol. The van der Waals surface area contributed by atoms with Crippen molar-refractivity contribution in [2.45, 2.75) is 27.2 Å². The molecule has 0 unspecified atom stereocenters. The SMILES string of the molecule is C=CC1=C(C(=C)F)CN(CC)C1.CCC. The quantitative estimate of drug-likeness (QED) is 0.688. The van der Waals surface area contributed by atoms with E-state index in [4.69, 9.17) is 0 Å². The van der Waals surface area contributed by atoms with Gasteiger partial charge in [-0.1, -0.05) is 46.4 Å². The van der Waals surface area contributed by atoms with Crippen LogP contribution >= 0.6 is 0 Å². The van der Waals surface area contributed by atoms with Crippen molar-refractivity contribution in [2.24, 2.45) is 0 Å². The normalized spacial score (nSPS) is 16.0. The predicted octanol–water partition coefficient (Wildman–Crippen LogP) is 3.70. The zero-order valence-corrected chi connectivity index (χ0v) is 10.1. The summed E-state index contributed by atoms with van der Waals surface area (Å²) in [5, 5.41) is 0. The minimum atomic E-state index is -0.319. The maximum absolute atomic E-state index is 12.8. The molecule has 1 aliphatic rings. The van der Waals surface area contributed by atoms with Gasteiger partial charge in [0.05, 0.1) is 0 Å². The molecule has 86 valence electrons. The third-order valence-corrected chi connectivity index (χ3v) is 2.18. The molecule has 1 aliphatic heterocycles. The standard InChI is InChI=1S/C10H14FN.C3H8/c1-4-9-6-12(5-2)7-10(9)8(3)11;1-3-2/h4H,1,3,5-7H2,2H3;3H2,1-2H3. The van der Waals surface area contributed by atoms with Gasteiger partial charge in [-0.3, -0.25) is 4.90 Å². The Morgan fingerprint density at radius 3 is 2.20 bits per heavy atom. The van der Waals surface area contributed by atoms with Crippen LogP contribution in [0, 0.1) is 0 Å². The average molecular weight is 211 g/mol. The molecule has 0 saturated heterocycles. The van der Waals surface area contributed by atoms with Crippen LogP contribution in [0.1, 0.15) is 27.2 Å². The van der Waals surface area contributed by atoms with Gasteiger partial charge >= 0.3 is 0 Å². The number of hydrogen-bond acceptors (Lipinski definition) is 1. The van der Waals surface area contributed by atoms with Gasteiger partial charge in [0.15, 0.2) is 0 Å². The first-order chi connectivity index (χ1) is 7.10. The number of nitrogens with zero attached hydrogens (tertiary/aromatic N) is 1. The monoisotopic (exact) mass is 211 g/mol. The lowest BCUT2D eigenvalue weighted by atomic mass is 10.1. The van der Waals surface area contributed by atoms with Gasteiger partial charge in [-0.25, -0.2) is 4.39 Å². The lowest BCUT2D eigenvalue weighted by Crippen LogP contribution is -2.20. The fraction of sp³-hybridized carbons (Fsp3) is 0.538. The highest BCUT2D eigenvalue weighted by Gasteiger charge is 2.20. The smallest absolute Gasteiger partial charge is 0.120 e. The third kappa shape index (κ3) is 4.43. The van der Waals surface area contributed by atoms with Crippen LogP contribution in [0.2, 0.25) is 0 Å². The molecule has 0 atom stereocenters. The van der Waals surface area contributed by atoms with Crippen LogP contribution in [0.4, 0.5) is 4.39 Å². The van der Waals surface area contributed by atoms with Crippen LogP contribution in [0.5, 0.6) is 0 Å². The van der Waals surface area contributed by atoms with E-state index in [2.05, 4.69) is 38.8 Å². The molecule has 0 aromatic heterocycles. The Labute approximate surface area is 93.0 Å². The zero-order chi connectivity index (χ0) is 11.8. The van der Waals surface area contributed by atoms with Gasteiger partial charge in [0, 0.05) is 18.7 Å². The Hall–Kier alpha value is -0.890. The fourth-order valence-corrected chi connectivity index (χ4v) is 1.39. The first-order valence-corrected chi connectivity index (χ1v) is 5.52. The lowest BCUT2D eigenvalue weighted by molar-refractivity contribution is 0.364. The highest BCUT2D eigenvalue weighted by Crippen LogP contribution is 2.23. The largest absolute Gasteiger partial charge is 0.295 e. The van der Waals surface area contributed by atoms with E-state index in [0.29, 0.717) is 12.1 Å². The number of likely N-dealkylation sites (N-methyl/N-ethyl adjacent to an activating group) is 1. The predicted molar refractivity (Wildman–Crippen MR) is 65.6 cm³/mol. The summed E-state index contributed by atoms with van der Waals surface area (Å²) in [5.41, 5.74) is 1.69. The van der Waals surface area contributed by atoms with Gasteiger partial charge in [-0.15, -0.1) is 0 Å². The Kier molecular flexibility index (Phi) is 6.97. The minimum absolute atomic E-state index is 0.319. The van der Waals surface area contributed by atoms with Crippen molar-refractivity contribution in [3.05, 3.63) is 36.2 Å². The highest BCUT2D eigenvalue weighted by molar-refractivity contribution is 5.40. The Morgan fingerprint density at radius 2 is 1.93 bits per heavy atom. The molecule has 0 aromatic carbocycles. The molecule has 0 N–H and O–H groups in total. The summed E-state index contributed by atoms with van der Waals surface area (Å²) in [6, 6.07) is 0. The maximum atomic E-state index is 12.8. The molecular formula is C13H22FN. The molecule has 2 heteroatoms. The summed E-state index contributed by atoms with van der Waals surface area (Å²) in [6.45, 7) is 15.7. The first kappa shape index (κ1) is 14.1. The van der Waals surface area contributed by atoms with Crippen molar-refractivity contribution in [2.75, 3.05) is 19.6 Å². The van der Waals surface area contributed by atoms with E-state index >= 15 is 0 Å². The van der Waals surface area contributed by atoms with Crippen molar-refractivity contribution < 1.29 is 4.39 Å². The molecule has 0 radical (unpaired) electrons. The molecule has 0 saturated carbocycles. The van der Waals surface area contributed by atoms with Gasteiger partial charge in [-0.05, 0) is 12.1 Å². The van der Waals surface area contributed by atoms with Crippen molar-refractivity contribution in [1.82, 2.24) is 4.90 Å². The number of hydrogen-bond donors (Lipinski definition) is 0. The van der Waals surface area contributed by atoms with E-state index in [-0.39, 0.29) is 5.83 Å². The summed E-state index contributed by atoms with van der Waals surface area (Å²) in [6.07, 6.45) is 2.97. The van der Waals surface area contributed by atoms with Gasteiger partial charge < -0.3 is 0 Å². The molecule has 1 rings (SSSR count). The van der Waals surface area contributed by atoms with E-state index < -0.39 is 0 Å². The van der Waals surface area contributed by atoms with Crippen molar-refractivity contribution in [3.8, 4) is 0 Å². The topological polar surface area (TPSA) is 3.24 Å². The fourth-order valence-electron chi connectivity index (χ4n) is 1.39. The Bertz CT molecular complexity index is 253. The second kappa shape index (κ2) is 7.41. The second-order valence-electron chi connectivity index (χ2n) is 3.62. The van der Waals surface area contributed by atoms with Crippen LogP contribution in [0.15, 0.2) is 36.2 Å². The maximum Gasteiger partial charge on any atom is 0.120 e. The van der Waals surface area contributed by atoms with Crippen molar-refractivity contribution in [3.63, 3.8) is 0 Å². The molecule has 15 heavy (non-hydrogen) atoms. The third-order valence-electron chi connectivity index (χ3n) is 2.18. The van der Waals surface area contributed by atoms with E-state index in [0.717, 1.165) is 18.7 Å². The van der Waals surface area contributed by atoms with Gasteiger partial charge in [0.1, 0.15) is 5.83 Å². The molecule has 0 spiro atoms. The molecule has 0 bridgehead atoms. The summed E-state index contributed by atoms with van der Waals surface area (Å²) >= 11 is 0. The molecule has 0 aromatic rings. The number of halogens is 1. The van der Waals surface area contributed by atoms with Gasteiger partial charge in [0.25, 0.3) is 0 Å². The summed E-state index contributed by atoms with van der Waals surface area (Å²) in [4.78, 5) is 2.15. The van der Waals surface area contributed by atoms with Crippen LogP contribution in [-0.4, -0.2) is 24.5 Å². The van der Waals surface area contributed by atoms with Crippen LogP contribution < -0.4 is 0 Å². The first-order valence-electron chi connectivity index (χ1n) is 5.52. The van der Waals surface area contributed by atoms with Crippen LogP contribution in [0.25, 0.3) is 0 Å². The van der Waals surface area contributed by atoms with Crippen molar-refractivity contribution >= 4 is 0 Å². The molecule has 0 aliphatic carbocycles. The van der Waals surface area contributed by atoms with E-state index in [1.165, 1.54) is 6.42 Å². The average Bonchev–Trinajstić information content (AvgIpc) is 2.62. The van der Waals surface area contributed by atoms with Crippen LogP contribution in [-0.2, 0) is 0 Å². The molecule has 0 amide bonds. The molecule has 0 fully saturated rings. The van der Waals surface area contributed by atoms with E-state index in [1.54, 1.807) is 6.08 Å². The number of rotatable bonds is 3. The zero-order valence-electron chi connectivity index (χ0n) is 10.1. The second-order valence-corrected chi connectivity index (χ2v) is 3.62.